The number of nitro benzene ring substituents is 1. The zero-order valence-corrected chi connectivity index (χ0v) is 11.5. The zero-order valence-electron chi connectivity index (χ0n) is 10.7. The predicted octanol–water partition coefficient (Wildman–Crippen LogP) is 0.795. The van der Waals surface area contributed by atoms with Gasteiger partial charge in [0.25, 0.3) is 5.69 Å². The van der Waals surface area contributed by atoms with E-state index in [-0.39, 0.29) is 6.61 Å². The van der Waals surface area contributed by atoms with Gasteiger partial charge in [0.2, 0.25) is 10.0 Å². The van der Waals surface area contributed by atoms with E-state index in [9.17, 15) is 22.9 Å². The maximum Gasteiger partial charge on any atom is 0.274 e. The molecule has 0 bridgehead atoms. The van der Waals surface area contributed by atoms with Gasteiger partial charge in [-0.15, -0.1) is 0 Å². The summed E-state index contributed by atoms with van der Waals surface area (Å²) >= 11 is 0. The molecule has 1 aromatic rings. The molecule has 112 valence electrons. The molecule has 0 saturated heterocycles. The lowest BCUT2D eigenvalue weighted by Gasteiger charge is -2.16. The number of nitrogens with two attached hydrogens (primary N) is 1. The molecule has 1 rings (SSSR count). The van der Waals surface area contributed by atoms with Gasteiger partial charge < -0.3 is 9.47 Å². The van der Waals surface area contributed by atoms with Crippen LogP contribution in [0.25, 0.3) is 0 Å². The normalized spacial score (nSPS) is 13.0. The Morgan fingerprint density at radius 3 is 2.55 bits per heavy atom. The van der Waals surface area contributed by atoms with Gasteiger partial charge in [0, 0.05) is 13.2 Å². The Bertz CT molecular complexity index is 618. The summed E-state index contributed by atoms with van der Waals surface area (Å²) in [5.74, 6) is -1.85. The quantitative estimate of drug-likeness (QED) is 0.612. The molecule has 0 saturated carbocycles. The number of nitrogens with zero attached hydrogens (tertiary/aromatic N) is 1. The van der Waals surface area contributed by atoms with E-state index in [4.69, 9.17) is 14.6 Å². The highest BCUT2D eigenvalue weighted by atomic mass is 32.2. The van der Waals surface area contributed by atoms with Crippen molar-refractivity contribution >= 4 is 15.7 Å². The lowest BCUT2D eigenvalue weighted by atomic mass is 10.3. The van der Waals surface area contributed by atoms with Crippen LogP contribution in [0.5, 0.6) is 5.75 Å². The second kappa shape index (κ2) is 6.11. The Morgan fingerprint density at radius 1 is 1.50 bits per heavy atom. The van der Waals surface area contributed by atoms with Gasteiger partial charge in [-0.1, -0.05) is 0 Å². The van der Waals surface area contributed by atoms with Gasteiger partial charge >= 0.3 is 0 Å². The fraction of sp³-hybridized carbons (Fsp3) is 0.400. The third kappa shape index (κ3) is 3.85. The molecule has 1 aromatic carbocycles. The summed E-state index contributed by atoms with van der Waals surface area (Å²) in [7, 11) is -3.00. The van der Waals surface area contributed by atoms with Crippen LogP contribution in [-0.4, -0.2) is 33.2 Å². The number of halogens is 1. The Morgan fingerprint density at radius 2 is 2.10 bits per heavy atom. The molecular formula is C10H13FN2O6S. The number of rotatable bonds is 6. The number of ether oxygens (including phenoxy) is 2. The van der Waals surface area contributed by atoms with Crippen LogP contribution in [0.2, 0.25) is 0 Å². The van der Waals surface area contributed by atoms with Crippen LogP contribution in [0.15, 0.2) is 17.0 Å². The van der Waals surface area contributed by atoms with Crippen molar-refractivity contribution in [3.8, 4) is 5.75 Å². The summed E-state index contributed by atoms with van der Waals surface area (Å²) < 4.78 is 46.5. The number of non-ortho nitro benzene ring substituents is 1. The van der Waals surface area contributed by atoms with Crippen LogP contribution in [0.1, 0.15) is 6.92 Å². The molecule has 10 heteroatoms. The molecule has 0 fully saturated rings. The molecule has 0 amide bonds. The summed E-state index contributed by atoms with van der Waals surface area (Å²) in [6.45, 7) is 1.58. The van der Waals surface area contributed by atoms with E-state index in [1.807, 2.05) is 0 Å². The largest absolute Gasteiger partial charge is 0.484 e. The lowest BCUT2D eigenvalue weighted by molar-refractivity contribution is -0.385. The topological polar surface area (TPSA) is 122 Å². The Hall–Kier alpha value is -1.78. The highest BCUT2D eigenvalue weighted by Gasteiger charge is 2.26. The van der Waals surface area contributed by atoms with E-state index in [0.717, 1.165) is 0 Å². The van der Waals surface area contributed by atoms with Crippen molar-refractivity contribution in [2.45, 2.75) is 17.9 Å². The zero-order chi connectivity index (χ0) is 15.5. The molecule has 0 aliphatic rings. The first-order valence-corrected chi connectivity index (χ1v) is 6.87. The molecule has 8 nitrogen and oxygen atoms in total. The summed E-state index contributed by atoms with van der Waals surface area (Å²) in [5.41, 5.74) is -0.738. The van der Waals surface area contributed by atoms with Crippen molar-refractivity contribution in [2.75, 3.05) is 13.7 Å². The first-order valence-electron chi connectivity index (χ1n) is 5.33. The van der Waals surface area contributed by atoms with Crippen LogP contribution >= 0.6 is 0 Å². The van der Waals surface area contributed by atoms with E-state index in [0.29, 0.717) is 12.1 Å². The van der Waals surface area contributed by atoms with Gasteiger partial charge in [-0.2, -0.15) is 0 Å². The molecule has 0 heterocycles. The number of hydrogen-bond donors (Lipinski definition) is 1. The molecule has 20 heavy (non-hydrogen) atoms. The number of sulfonamides is 1. The minimum Gasteiger partial charge on any atom is -0.484 e. The summed E-state index contributed by atoms with van der Waals surface area (Å²) in [4.78, 5) is 8.90. The Kier molecular flexibility index (Phi) is 4.98. The monoisotopic (exact) mass is 308 g/mol. The van der Waals surface area contributed by atoms with Crippen molar-refractivity contribution < 1.29 is 27.2 Å². The standard InChI is InChI=1S/C10H13FN2O6S/c1-6(5-18-2)19-10-8(11)3-7(13(14)15)4-9(10)20(12,16)17/h3-4,6H,5H2,1-2H3,(H2,12,16,17). The van der Waals surface area contributed by atoms with E-state index >= 15 is 0 Å². The van der Waals surface area contributed by atoms with Crippen molar-refractivity contribution in [1.29, 1.82) is 0 Å². The highest BCUT2D eigenvalue weighted by molar-refractivity contribution is 7.89. The van der Waals surface area contributed by atoms with Crippen LogP contribution in [0, 0.1) is 15.9 Å². The minimum atomic E-state index is -4.38. The highest BCUT2D eigenvalue weighted by Crippen LogP contribution is 2.31. The van der Waals surface area contributed by atoms with Crippen LogP contribution in [-0.2, 0) is 14.8 Å². The maximum absolute atomic E-state index is 13.8. The van der Waals surface area contributed by atoms with Gasteiger partial charge in [-0.25, -0.2) is 17.9 Å². The van der Waals surface area contributed by atoms with Gasteiger partial charge in [0.05, 0.1) is 17.6 Å². The van der Waals surface area contributed by atoms with Crippen LogP contribution in [0.4, 0.5) is 10.1 Å². The maximum atomic E-state index is 13.8. The van der Waals surface area contributed by atoms with Gasteiger partial charge in [0.1, 0.15) is 11.0 Å². The second-order valence-electron chi connectivity index (χ2n) is 3.94. The van der Waals surface area contributed by atoms with Crippen molar-refractivity contribution in [1.82, 2.24) is 0 Å². The molecule has 0 radical (unpaired) electrons. The van der Waals surface area contributed by atoms with Gasteiger partial charge in [0.15, 0.2) is 11.6 Å². The molecule has 0 aromatic heterocycles. The van der Waals surface area contributed by atoms with E-state index < -0.39 is 43.2 Å². The summed E-state index contributed by atoms with van der Waals surface area (Å²) in [5, 5.41) is 15.5. The third-order valence-corrected chi connectivity index (χ3v) is 3.15. The molecule has 2 N–H and O–H groups in total. The molecular weight excluding hydrogens is 295 g/mol. The van der Waals surface area contributed by atoms with Crippen molar-refractivity contribution in [3.05, 3.63) is 28.1 Å². The minimum absolute atomic E-state index is 0.0699. The van der Waals surface area contributed by atoms with E-state index in [1.165, 1.54) is 14.0 Å². The number of benzene rings is 1. The molecule has 0 aliphatic heterocycles. The third-order valence-electron chi connectivity index (χ3n) is 2.23. The van der Waals surface area contributed by atoms with E-state index in [2.05, 4.69) is 0 Å². The summed E-state index contributed by atoms with van der Waals surface area (Å²) in [6.07, 6.45) is -0.670. The fourth-order valence-electron chi connectivity index (χ4n) is 1.46. The average Bonchev–Trinajstić information content (AvgIpc) is 2.29. The first-order chi connectivity index (χ1) is 9.16. The van der Waals surface area contributed by atoms with Gasteiger partial charge in [-0.3, -0.25) is 10.1 Å². The fourth-order valence-corrected chi connectivity index (χ4v) is 2.14. The Balaban J connectivity index is 3.39. The number of primary sulfonamides is 1. The number of hydrogen-bond acceptors (Lipinski definition) is 6. The first kappa shape index (κ1) is 16.3. The van der Waals surface area contributed by atoms with E-state index in [1.54, 1.807) is 0 Å². The van der Waals surface area contributed by atoms with Crippen molar-refractivity contribution in [2.24, 2.45) is 5.14 Å². The SMILES string of the molecule is COCC(C)Oc1c(F)cc([N+](=O)[O-])cc1S(N)(=O)=O. The molecule has 0 spiro atoms. The summed E-state index contributed by atoms with van der Waals surface area (Å²) in [6, 6.07) is 1.21. The van der Waals surface area contributed by atoms with Gasteiger partial charge in [-0.05, 0) is 6.92 Å². The predicted molar refractivity (Wildman–Crippen MR) is 66.4 cm³/mol. The number of nitro groups is 1. The smallest absolute Gasteiger partial charge is 0.274 e. The molecule has 0 aliphatic carbocycles. The molecule has 1 atom stereocenters. The average molecular weight is 308 g/mol. The Labute approximate surface area is 114 Å². The van der Waals surface area contributed by atoms with Crippen molar-refractivity contribution in [3.63, 3.8) is 0 Å². The lowest BCUT2D eigenvalue weighted by Crippen LogP contribution is -2.22. The second-order valence-corrected chi connectivity index (χ2v) is 5.47. The van der Waals surface area contributed by atoms with Crippen LogP contribution < -0.4 is 9.88 Å². The molecule has 1 unspecified atom stereocenters. The number of methoxy groups -OCH3 is 1. The van der Waals surface area contributed by atoms with Crippen LogP contribution in [0.3, 0.4) is 0 Å².